The minimum Gasteiger partial charge on any atom is -0.233 e. The summed E-state index contributed by atoms with van der Waals surface area (Å²) < 4.78 is 28.4. The fourth-order valence-electron chi connectivity index (χ4n) is 1.18. The van der Waals surface area contributed by atoms with Crippen molar-refractivity contribution >= 4 is 34.2 Å². The first-order valence-electron chi connectivity index (χ1n) is 5.75. The van der Waals surface area contributed by atoms with E-state index >= 15 is 0 Å². The van der Waals surface area contributed by atoms with Crippen LogP contribution in [0.3, 0.4) is 0 Å². The van der Waals surface area contributed by atoms with Crippen LogP contribution < -0.4 is 4.39 Å². The highest BCUT2D eigenvalue weighted by atomic mass is 79.9. The third-order valence-electron chi connectivity index (χ3n) is 3.37. The van der Waals surface area contributed by atoms with Crippen LogP contribution in [0, 0.1) is 0 Å². The minimum atomic E-state index is -3.44. The summed E-state index contributed by atoms with van der Waals surface area (Å²) in [4.78, 5) is 0.307. The molecule has 3 nitrogen and oxygen atoms in total. The highest BCUT2D eigenvalue weighted by Gasteiger charge is 2.39. The zero-order valence-electron chi connectivity index (χ0n) is 11.4. The SMILES string of the molecule is CC(C)(C)[Si](C)(C)NS(=O)(=O)c1cccc(Br)c1. The highest BCUT2D eigenvalue weighted by Crippen LogP contribution is 2.34. The van der Waals surface area contributed by atoms with Gasteiger partial charge in [0.15, 0.2) is 0 Å². The molecule has 0 saturated carbocycles. The van der Waals surface area contributed by atoms with Crippen LogP contribution in [0.25, 0.3) is 0 Å². The molecule has 0 aliphatic carbocycles. The largest absolute Gasteiger partial charge is 0.234 e. The molecule has 1 N–H and O–H groups in total. The van der Waals surface area contributed by atoms with Gasteiger partial charge < -0.3 is 0 Å². The molecule has 0 saturated heterocycles. The first kappa shape index (κ1) is 15.9. The van der Waals surface area contributed by atoms with Gasteiger partial charge in [-0.2, -0.15) is 0 Å². The number of sulfonamides is 1. The van der Waals surface area contributed by atoms with Crippen molar-refractivity contribution in [2.75, 3.05) is 0 Å². The average Bonchev–Trinajstić information content (AvgIpc) is 2.14. The van der Waals surface area contributed by atoms with E-state index in [9.17, 15) is 8.42 Å². The Balaban J connectivity index is 3.11. The van der Waals surface area contributed by atoms with E-state index in [-0.39, 0.29) is 5.04 Å². The predicted molar refractivity (Wildman–Crippen MR) is 81.7 cm³/mol. The van der Waals surface area contributed by atoms with Crippen LogP contribution in [-0.2, 0) is 10.0 Å². The molecule has 0 radical (unpaired) electrons. The summed E-state index contributed by atoms with van der Waals surface area (Å²) in [7, 11) is -5.54. The van der Waals surface area contributed by atoms with Crippen LogP contribution in [0.1, 0.15) is 20.8 Å². The molecule has 0 atom stereocenters. The van der Waals surface area contributed by atoms with Crippen molar-refractivity contribution < 1.29 is 8.42 Å². The summed E-state index contributed by atoms with van der Waals surface area (Å²) >= 11 is 3.29. The van der Waals surface area contributed by atoms with Crippen molar-refractivity contribution in [1.82, 2.24) is 4.39 Å². The molecule has 6 heteroatoms. The Hall–Kier alpha value is -0.173. The molecule has 0 bridgehead atoms. The van der Waals surface area contributed by atoms with Crippen molar-refractivity contribution in [3.8, 4) is 0 Å². The Morgan fingerprint density at radius 2 is 1.78 bits per heavy atom. The van der Waals surface area contributed by atoms with Gasteiger partial charge in [-0.3, -0.25) is 0 Å². The van der Waals surface area contributed by atoms with Gasteiger partial charge in [0.25, 0.3) is 0 Å². The van der Waals surface area contributed by atoms with Crippen molar-refractivity contribution in [2.45, 2.75) is 43.8 Å². The van der Waals surface area contributed by atoms with E-state index in [0.29, 0.717) is 4.90 Å². The van der Waals surface area contributed by atoms with Crippen LogP contribution in [-0.4, -0.2) is 16.7 Å². The molecule has 0 unspecified atom stereocenters. The Labute approximate surface area is 119 Å². The summed E-state index contributed by atoms with van der Waals surface area (Å²) in [5, 5.41) is -0.0356. The fourth-order valence-corrected chi connectivity index (χ4v) is 6.66. The van der Waals surface area contributed by atoms with Gasteiger partial charge in [0.05, 0.1) is 4.90 Å². The molecule has 1 aromatic rings. The van der Waals surface area contributed by atoms with Gasteiger partial charge in [-0.05, 0) is 23.2 Å². The molecule has 0 fully saturated rings. The van der Waals surface area contributed by atoms with Crippen LogP contribution in [0.15, 0.2) is 33.6 Å². The summed E-state index contributed by atoms with van der Waals surface area (Å²) in [5.41, 5.74) is 0. The lowest BCUT2D eigenvalue weighted by Gasteiger charge is -2.36. The van der Waals surface area contributed by atoms with E-state index in [4.69, 9.17) is 0 Å². The first-order valence-corrected chi connectivity index (χ1v) is 11.0. The van der Waals surface area contributed by atoms with Gasteiger partial charge in [0.1, 0.15) is 8.24 Å². The molecule has 1 rings (SSSR count). The molecule has 0 amide bonds. The molecule has 1 aromatic carbocycles. The highest BCUT2D eigenvalue weighted by molar-refractivity contribution is 9.10. The zero-order chi connectivity index (χ0) is 14.2. The maximum Gasteiger partial charge on any atom is 0.234 e. The van der Waals surface area contributed by atoms with Gasteiger partial charge >= 0.3 is 0 Å². The van der Waals surface area contributed by atoms with E-state index in [1.54, 1.807) is 18.2 Å². The summed E-state index contributed by atoms with van der Waals surface area (Å²) in [6, 6.07) is 6.77. The second-order valence-electron chi connectivity index (χ2n) is 5.94. The normalized spacial score (nSPS) is 13.7. The van der Waals surface area contributed by atoms with E-state index < -0.39 is 18.3 Å². The van der Waals surface area contributed by atoms with Crippen molar-refractivity contribution in [3.63, 3.8) is 0 Å². The Morgan fingerprint density at radius 3 is 2.22 bits per heavy atom. The monoisotopic (exact) mass is 349 g/mol. The van der Waals surface area contributed by atoms with Gasteiger partial charge in [-0.1, -0.05) is 55.9 Å². The smallest absolute Gasteiger partial charge is 0.233 e. The van der Waals surface area contributed by atoms with Gasteiger partial charge in [-0.15, -0.1) is 0 Å². The van der Waals surface area contributed by atoms with Gasteiger partial charge in [0, 0.05) is 4.47 Å². The second-order valence-corrected chi connectivity index (χ2v) is 13.9. The Kier molecular flexibility index (Phi) is 4.48. The van der Waals surface area contributed by atoms with Crippen LogP contribution in [0.4, 0.5) is 0 Å². The third kappa shape index (κ3) is 3.66. The molecule has 0 aromatic heterocycles. The maximum absolute atomic E-state index is 12.3. The lowest BCUT2D eigenvalue weighted by atomic mass is 10.2. The second kappa shape index (κ2) is 5.07. The van der Waals surface area contributed by atoms with E-state index in [0.717, 1.165) is 4.47 Å². The number of nitrogens with one attached hydrogen (secondary N) is 1. The number of hydrogen-bond acceptors (Lipinski definition) is 2. The predicted octanol–water partition coefficient (Wildman–Crippen LogP) is 3.73. The molecule has 0 spiro atoms. The molecule has 0 aliphatic heterocycles. The van der Waals surface area contributed by atoms with Crippen molar-refractivity contribution in [3.05, 3.63) is 28.7 Å². The van der Waals surface area contributed by atoms with Crippen LogP contribution in [0.2, 0.25) is 18.1 Å². The molecule has 0 aliphatic rings. The lowest BCUT2D eigenvalue weighted by Crippen LogP contribution is -2.54. The maximum atomic E-state index is 12.3. The fraction of sp³-hybridized carbons (Fsp3) is 0.500. The Bertz CT molecular complexity index is 535. The van der Waals surface area contributed by atoms with E-state index in [1.807, 2.05) is 19.2 Å². The van der Waals surface area contributed by atoms with E-state index in [2.05, 4.69) is 41.1 Å². The minimum absolute atomic E-state index is 0.0356. The first-order chi connectivity index (χ1) is 7.96. The topological polar surface area (TPSA) is 46.2 Å². The molecule has 102 valence electrons. The summed E-state index contributed by atoms with van der Waals surface area (Å²) in [5.74, 6) is 0. The number of rotatable bonds is 3. The number of hydrogen-bond donors (Lipinski definition) is 1. The van der Waals surface area contributed by atoms with Crippen molar-refractivity contribution in [1.29, 1.82) is 0 Å². The van der Waals surface area contributed by atoms with E-state index in [1.165, 1.54) is 0 Å². The van der Waals surface area contributed by atoms with Crippen molar-refractivity contribution in [2.24, 2.45) is 0 Å². The molecular formula is C12H20BrNO2SSi. The number of benzene rings is 1. The molecule has 18 heavy (non-hydrogen) atoms. The Morgan fingerprint density at radius 1 is 1.22 bits per heavy atom. The van der Waals surface area contributed by atoms with Crippen LogP contribution >= 0.6 is 15.9 Å². The summed E-state index contributed by atoms with van der Waals surface area (Å²) in [6.45, 7) is 10.3. The van der Waals surface area contributed by atoms with Crippen LogP contribution in [0.5, 0.6) is 0 Å². The lowest BCUT2D eigenvalue weighted by molar-refractivity contribution is 0.589. The zero-order valence-corrected chi connectivity index (χ0v) is 14.8. The molecule has 0 heterocycles. The quantitative estimate of drug-likeness (QED) is 0.845. The third-order valence-corrected chi connectivity index (χ3v) is 11.6. The molecular weight excluding hydrogens is 330 g/mol. The van der Waals surface area contributed by atoms with Gasteiger partial charge in [-0.25, -0.2) is 12.8 Å². The number of halogens is 1. The van der Waals surface area contributed by atoms with Gasteiger partial charge in [0.2, 0.25) is 10.0 Å². The standard InChI is InChI=1S/C12H20BrNO2SSi/c1-12(2,3)18(4,5)14-17(15,16)11-8-6-7-10(13)9-11/h6-9,14H,1-5H3. The average molecular weight is 350 g/mol. The summed E-state index contributed by atoms with van der Waals surface area (Å²) in [6.07, 6.45) is 0.